The van der Waals surface area contributed by atoms with Gasteiger partial charge in [-0.05, 0) is 24.3 Å². The van der Waals surface area contributed by atoms with Crippen LogP contribution in [0.4, 0.5) is 5.69 Å². The fraction of sp³-hybridized carbons (Fsp3) is 0.250. The summed E-state index contributed by atoms with van der Waals surface area (Å²) in [6, 6.07) is 13.0. The van der Waals surface area contributed by atoms with Crippen LogP contribution in [0.1, 0.15) is 12.1 Å². The molecule has 2 atom stereocenters. The number of hydrogen-bond donors (Lipinski definition) is 2. The second-order valence-corrected chi connectivity index (χ2v) is 5.13. The van der Waals surface area contributed by atoms with Crippen molar-refractivity contribution >= 4 is 11.9 Å². The summed E-state index contributed by atoms with van der Waals surface area (Å²) in [6.07, 6.45) is 3.97. The molecule has 0 bridgehead atoms. The van der Waals surface area contributed by atoms with Crippen molar-refractivity contribution in [2.75, 3.05) is 6.61 Å². The zero-order chi connectivity index (χ0) is 14.7. The van der Waals surface area contributed by atoms with Crippen molar-refractivity contribution < 1.29 is 4.74 Å². The molecule has 5 heteroatoms. The van der Waals surface area contributed by atoms with E-state index in [9.17, 15) is 0 Å². The summed E-state index contributed by atoms with van der Waals surface area (Å²) < 4.78 is 5.73. The molecule has 4 N–H and O–H groups in total. The lowest BCUT2D eigenvalue weighted by Gasteiger charge is -2.35. The number of rotatable bonds is 4. The Morgan fingerprint density at radius 1 is 1.14 bits per heavy atom. The maximum Gasteiger partial charge on any atom is 0.119 e. The van der Waals surface area contributed by atoms with Gasteiger partial charge in [-0.3, -0.25) is 9.98 Å². The largest absolute Gasteiger partial charge is 0.494 e. The van der Waals surface area contributed by atoms with Crippen molar-refractivity contribution in [1.29, 1.82) is 0 Å². The van der Waals surface area contributed by atoms with Gasteiger partial charge in [-0.25, -0.2) is 0 Å². The highest BCUT2D eigenvalue weighted by molar-refractivity contribution is 5.75. The lowest BCUT2D eigenvalue weighted by atomic mass is 9.82. The molecule has 2 unspecified atom stereocenters. The van der Waals surface area contributed by atoms with Gasteiger partial charge < -0.3 is 16.2 Å². The fourth-order valence-electron chi connectivity index (χ4n) is 2.45. The first-order valence-electron chi connectivity index (χ1n) is 6.92. The Morgan fingerprint density at radius 3 is 2.76 bits per heavy atom. The lowest BCUT2D eigenvalue weighted by molar-refractivity contribution is 0.247. The monoisotopic (exact) mass is 282 g/mol. The summed E-state index contributed by atoms with van der Waals surface area (Å²) >= 11 is 0. The molecule has 1 aromatic heterocycles. The molecular formula is C16H18N4O. The first-order chi connectivity index (χ1) is 10.2. The van der Waals surface area contributed by atoms with Gasteiger partial charge in [-0.15, -0.1) is 0 Å². The van der Waals surface area contributed by atoms with Crippen molar-refractivity contribution in [2.45, 2.75) is 18.0 Å². The Balaban J connectivity index is 1.75. The molecule has 2 aromatic rings. The topological polar surface area (TPSA) is 86.5 Å². The number of ether oxygens (including phenoxy) is 1. The second-order valence-electron chi connectivity index (χ2n) is 5.13. The van der Waals surface area contributed by atoms with Crippen molar-refractivity contribution in [3.63, 3.8) is 0 Å². The third kappa shape index (κ3) is 2.66. The maximum atomic E-state index is 6.52. The first-order valence-corrected chi connectivity index (χ1v) is 6.92. The van der Waals surface area contributed by atoms with E-state index in [0.717, 1.165) is 17.1 Å². The van der Waals surface area contributed by atoms with Crippen molar-refractivity contribution in [3.8, 4) is 5.75 Å². The molecule has 0 spiro atoms. The van der Waals surface area contributed by atoms with E-state index >= 15 is 0 Å². The van der Waals surface area contributed by atoms with E-state index in [2.05, 4.69) is 9.98 Å². The Kier molecular flexibility index (Phi) is 3.68. The molecular weight excluding hydrogens is 264 g/mol. The van der Waals surface area contributed by atoms with E-state index in [1.54, 1.807) is 12.4 Å². The lowest BCUT2D eigenvalue weighted by Crippen LogP contribution is -2.56. The smallest absolute Gasteiger partial charge is 0.119 e. The Bertz CT molecular complexity index is 644. The first kappa shape index (κ1) is 13.7. The van der Waals surface area contributed by atoms with Crippen LogP contribution in [0.2, 0.25) is 0 Å². The number of nitrogens with two attached hydrogens (primary N) is 2. The van der Waals surface area contributed by atoms with Gasteiger partial charge in [0.2, 0.25) is 0 Å². The van der Waals surface area contributed by atoms with Crippen LogP contribution >= 0.6 is 0 Å². The molecule has 1 aromatic carbocycles. The molecule has 0 amide bonds. The number of nitrogens with zero attached hydrogens (tertiary/aromatic N) is 2. The highest BCUT2D eigenvalue weighted by atomic mass is 16.5. The quantitative estimate of drug-likeness (QED) is 0.894. The predicted molar refractivity (Wildman–Crippen MR) is 82.8 cm³/mol. The van der Waals surface area contributed by atoms with Crippen LogP contribution in [0.3, 0.4) is 0 Å². The summed E-state index contributed by atoms with van der Waals surface area (Å²) in [7, 11) is 0. The fourth-order valence-corrected chi connectivity index (χ4v) is 2.45. The summed E-state index contributed by atoms with van der Waals surface area (Å²) in [5, 5.41) is 0. The van der Waals surface area contributed by atoms with E-state index in [0.29, 0.717) is 13.0 Å². The van der Waals surface area contributed by atoms with Crippen LogP contribution in [-0.2, 0) is 5.54 Å². The van der Waals surface area contributed by atoms with Crippen LogP contribution in [-0.4, -0.2) is 23.8 Å². The van der Waals surface area contributed by atoms with Gasteiger partial charge >= 0.3 is 0 Å². The number of para-hydroxylation sites is 1. The molecule has 0 saturated carbocycles. The zero-order valence-electron chi connectivity index (χ0n) is 11.6. The Morgan fingerprint density at radius 2 is 1.95 bits per heavy atom. The minimum atomic E-state index is -0.757. The van der Waals surface area contributed by atoms with Crippen LogP contribution in [0.15, 0.2) is 53.7 Å². The number of aliphatic imine (C=N–C) groups is 1. The van der Waals surface area contributed by atoms with Gasteiger partial charge in [-0.2, -0.15) is 0 Å². The van der Waals surface area contributed by atoms with Gasteiger partial charge in [0.05, 0.1) is 29.6 Å². The summed E-state index contributed by atoms with van der Waals surface area (Å²) in [5.74, 6) is 0.820. The van der Waals surface area contributed by atoms with E-state index in [-0.39, 0.29) is 6.04 Å². The highest BCUT2D eigenvalue weighted by Crippen LogP contribution is 2.34. The summed E-state index contributed by atoms with van der Waals surface area (Å²) in [6.45, 7) is 0.470. The van der Waals surface area contributed by atoms with Crippen molar-refractivity contribution in [1.82, 2.24) is 4.98 Å². The SMILES string of the molecule is NC1C=Nc2cccnc2C1(N)CCOc1ccccc1. The molecule has 108 valence electrons. The molecule has 3 rings (SSSR count). The second kappa shape index (κ2) is 5.63. The van der Waals surface area contributed by atoms with Crippen LogP contribution in [0, 0.1) is 0 Å². The average Bonchev–Trinajstić information content (AvgIpc) is 2.53. The molecule has 21 heavy (non-hydrogen) atoms. The number of hydrogen-bond acceptors (Lipinski definition) is 5. The predicted octanol–water partition coefficient (Wildman–Crippen LogP) is 1.75. The van der Waals surface area contributed by atoms with Crippen LogP contribution in [0.25, 0.3) is 0 Å². The molecule has 0 aliphatic carbocycles. The number of pyridine rings is 1. The molecule has 1 aliphatic heterocycles. The molecule has 5 nitrogen and oxygen atoms in total. The minimum absolute atomic E-state index is 0.376. The highest BCUT2D eigenvalue weighted by Gasteiger charge is 2.39. The maximum absolute atomic E-state index is 6.52. The van der Waals surface area contributed by atoms with Crippen molar-refractivity contribution in [2.24, 2.45) is 16.5 Å². The van der Waals surface area contributed by atoms with Gasteiger partial charge in [-0.1, -0.05) is 18.2 Å². The van der Waals surface area contributed by atoms with Crippen molar-refractivity contribution in [3.05, 3.63) is 54.4 Å². The summed E-state index contributed by atoms with van der Waals surface area (Å²) in [4.78, 5) is 8.68. The Labute approximate surface area is 123 Å². The molecule has 1 aliphatic rings. The van der Waals surface area contributed by atoms with Gasteiger partial charge in [0.15, 0.2) is 0 Å². The normalized spacial score (nSPS) is 23.6. The molecule has 0 radical (unpaired) electrons. The van der Waals surface area contributed by atoms with Gasteiger partial charge in [0.1, 0.15) is 5.75 Å². The van der Waals surface area contributed by atoms with E-state index in [4.69, 9.17) is 16.2 Å². The Hall–Kier alpha value is -2.24. The number of benzene rings is 1. The number of fused-ring (bicyclic) bond motifs is 1. The minimum Gasteiger partial charge on any atom is -0.494 e. The molecule has 2 heterocycles. The van der Waals surface area contributed by atoms with E-state index in [1.807, 2.05) is 42.5 Å². The molecule has 0 saturated heterocycles. The van der Waals surface area contributed by atoms with Gasteiger partial charge in [0.25, 0.3) is 0 Å². The molecule has 0 fully saturated rings. The third-order valence-electron chi connectivity index (χ3n) is 3.72. The van der Waals surface area contributed by atoms with Gasteiger partial charge in [0, 0.05) is 18.8 Å². The van der Waals surface area contributed by atoms with E-state index in [1.165, 1.54) is 0 Å². The summed E-state index contributed by atoms with van der Waals surface area (Å²) in [5.41, 5.74) is 13.4. The number of aromatic nitrogens is 1. The zero-order valence-corrected chi connectivity index (χ0v) is 11.6. The third-order valence-corrected chi connectivity index (χ3v) is 3.72. The standard InChI is InChI=1S/C16H18N4O/c17-14-11-20-13-7-4-9-19-15(13)16(14,18)8-10-21-12-5-2-1-3-6-12/h1-7,9,11,14H,8,10,17-18H2. The van der Waals surface area contributed by atoms with Crippen LogP contribution < -0.4 is 16.2 Å². The van der Waals surface area contributed by atoms with Crippen LogP contribution in [0.5, 0.6) is 5.75 Å². The van der Waals surface area contributed by atoms with E-state index < -0.39 is 5.54 Å². The average molecular weight is 282 g/mol.